The Morgan fingerprint density at radius 1 is 1.48 bits per heavy atom. The summed E-state index contributed by atoms with van der Waals surface area (Å²) in [6.07, 6.45) is -4.75. The van der Waals surface area contributed by atoms with Gasteiger partial charge < -0.3 is 5.11 Å². The van der Waals surface area contributed by atoms with Gasteiger partial charge in [0, 0.05) is 12.6 Å². The maximum Gasteiger partial charge on any atom is 0.287 e. The molecular weight excluding hydrogens is 296 g/mol. The molecule has 0 unspecified atom stereocenters. The number of aliphatic hydroxyl groups is 1. The van der Waals surface area contributed by atoms with E-state index in [4.69, 9.17) is 0 Å². The highest BCUT2D eigenvalue weighted by Crippen LogP contribution is 2.33. The highest BCUT2D eigenvalue weighted by molar-refractivity contribution is 5.92. The molecule has 1 aromatic heterocycles. The second-order valence-electron chi connectivity index (χ2n) is 4.67. The van der Waals surface area contributed by atoms with Gasteiger partial charge in [-0.1, -0.05) is 0 Å². The van der Waals surface area contributed by atoms with Gasteiger partial charge in [0.2, 0.25) is 5.72 Å². The predicted octanol–water partition coefficient (Wildman–Crippen LogP) is 0.999. The van der Waals surface area contributed by atoms with Crippen molar-refractivity contribution in [3.05, 3.63) is 18.0 Å². The number of carbonyl (C=O) groups excluding carboxylic acids is 1. The maximum absolute atomic E-state index is 12.9. The van der Waals surface area contributed by atoms with E-state index in [0.29, 0.717) is 0 Å². The molecule has 0 bridgehead atoms. The number of hydrazone groups is 1. The van der Waals surface area contributed by atoms with Gasteiger partial charge in [-0.05, 0) is 12.5 Å². The van der Waals surface area contributed by atoms with Gasteiger partial charge >= 0.3 is 0 Å². The second-order valence-corrected chi connectivity index (χ2v) is 4.67. The van der Waals surface area contributed by atoms with E-state index < -0.39 is 43.2 Å². The molecule has 0 saturated carbocycles. The van der Waals surface area contributed by atoms with Gasteiger partial charge in [-0.15, -0.1) is 0 Å². The molecule has 116 valence electrons. The first-order valence-electron chi connectivity index (χ1n) is 5.92. The molecule has 1 amide bonds. The standard InChI is InChI=1S/C11H12F4N4O2/c1-6-3-16-18(4-6)5-8(20)19-11(21,10(14)15)2-7(17-19)9(12)13/h3-4,9-10,21H,2,5H2,1H3/t11-/m0/s1. The summed E-state index contributed by atoms with van der Waals surface area (Å²) in [5, 5.41) is 16.7. The second kappa shape index (κ2) is 5.43. The van der Waals surface area contributed by atoms with Gasteiger partial charge in [0.25, 0.3) is 18.8 Å². The Balaban J connectivity index is 2.23. The molecule has 1 aliphatic rings. The fraction of sp³-hybridized carbons (Fsp3) is 0.545. The Morgan fingerprint density at radius 3 is 2.62 bits per heavy atom. The lowest BCUT2D eigenvalue weighted by molar-refractivity contribution is -0.192. The average Bonchev–Trinajstić information content (AvgIpc) is 2.94. The first-order valence-corrected chi connectivity index (χ1v) is 5.92. The number of amides is 1. The van der Waals surface area contributed by atoms with E-state index in [9.17, 15) is 27.5 Å². The molecule has 0 radical (unpaired) electrons. The Bertz CT molecular complexity index is 574. The third-order valence-electron chi connectivity index (χ3n) is 2.93. The number of carbonyl (C=O) groups is 1. The van der Waals surface area contributed by atoms with Crippen LogP contribution in [0, 0.1) is 6.92 Å². The molecule has 1 atom stereocenters. The summed E-state index contributed by atoms with van der Waals surface area (Å²) >= 11 is 0. The van der Waals surface area contributed by atoms with Crippen molar-refractivity contribution in [3.63, 3.8) is 0 Å². The first-order chi connectivity index (χ1) is 9.74. The molecule has 0 aromatic carbocycles. The molecule has 0 saturated heterocycles. The van der Waals surface area contributed by atoms with Gasteiger partial charge in [0.05, 0.1) is 6.20 Å². The molecule has 1 aliphatic heterocycles. The highest BCUT2D eigenvalue weighted by atomic mass is 19.3. The lowest BCUT2D eigenvalue weighted by Crippen LogP contribution is -2.52. The number of aromatic nitrogens is 2. The predicted molar refractivity (Wildman–Crippen MR) is 62.8 cm³/mol. The SMILES string of the molecule is Cc1cnn(CC(=O)N2N=C(C(F)F)C[C@]2(O)C(F)F)c1. The van der Waals surface area contributed by atoms with Crippen LogP contribution in [0.3, 0.4) is 0 Å². The van der Waals surface area contributed by atoms with Crippen LogP contribution >= 0.6 is 0 Å². The molecule has 21 heavy (non-hydrogen) atoms. The summed E-state index contributed by atoms with van der Waals surface area (Å²) in [4.78, 5) is 11.9. The van der Waals surface area contributed by atoms with Crippen molar-refractivity contribution < 1.29 is 27.5 Å². The fourth-order valence-corrected chi connectivity index (χ4v) is 1.91. The van der Waals surface area contributed by atoms with Crippen LogP contribution in [0.15, 0.2) is 17.5 Å². The van der Waals surface area contributed by atoms with Crippen molar-refractivity contribution in [2.45, 2.75) is 38.5 Å². The highest BCUT2D eigenvalue weighted by Gasteiger charge is 2.53. The molecule has 0 aliphatic carbocycles. The van der Waals surface area contributed by atoms with Crippen molar-refractivity contribution in [2.75, 3.05) is 0 Å². The lowest BCUT2D eigenvalue weighted by Gasteiger charge is -2.29. The molecule has 10 heteroatoms. The van der Waals surface area contributed by atoms with Crippen LogP contribution in [0.1, 0.15) is 12.0 Å². The number of hydrogen-bond acceptors (Lipinski definition) is 4. The topological polar surface area (TPSA) is 70.7 Å². The van der Waals surface area contributed by atoms with E-state index in [1.165, 1.54) is 12.4 Å². The Kier molecular flexibility index (Phi) is 3.99. The van der Waals surface area contributed by atoms with Gasteiger partial charge in [-0.25, -0.2) is 17.6 Å². The van der Waals surface area contributed by atoms with E-state index in [-0.39, 0.29) is 5.01 Å². The van der Waals surface area contributed by atoms with Crippen LogP contribution in [0.2, 0.25) is 0 Å². The zero-order chi connectivity index (χ0) is 15.8. The quantitative estimate of drug-likeness (QED) is 0.844. The molecule has 2 heterocycles. The summed E-state index contributed by atoms with van der Waals surface area (Å²) in [5.41, 5.74) is -3.28. The zero-order valence-corrected chi connectivity index (χ0v) is 10.9. The van der Waals surface area contributed by atoms with Crippen molar-refractivity contribution in [3.8, 4) is 0 Å². The van der Waals surface area contributed by atoms with Crippen molar-refractivity contribution in [1.82, 2.24) is 14.8 Å². The van der Waals surface area contributed by atoms with Gasteiger partial charge in [0.1, 0.15) is 12.3 Å². The smallest absolute Gasteiger partial charge is 0.287 e. The molecule has 6 nitrogen and oxygen atoms in total. The normalized spacial score (nSPS) is 22.3. The van der Waals surface area contributed by atoms with E-state index in [2.05, 4.69) is 10.2 Å². The van der Waals surface area contributed by atoms with Gasteiger partial charge in [0.15, 0.2) is 0 Å². The van der Waals surface area contributed by atoms with Crippen LogP contribution in [0.25, 0.3) is 0 Å². The van der Waals surface area contributed by atoms with Crippen LogP contribution in [-0.2, 0) is 11.3 Å². The monoisotopic (exact) mass is 308 g/mol. The Hall–Kier alpha value is -1.97. The van der Waals surface area contributed by atoms with Crippen molar-refractivity contribution in [2.24, 2.45) is 5.10 Å². The number of aryl methyl sites for hydroxylation is 1. The summed E-state index contributed by atoms with van der Waals surface area (Å²) in [6.45, 7) is 1.20. The number of nitrogens with zero attached hydrogens (tertiary/aromatic N) is 4. The molecule has 0 spiro atoms. The fourth-order valence-electron chi connectivity index (χ4n) is 1.91. The van der Waals surface area contributed by atoms with E-state index in [0.717, 1.165) is 10.2 Å². The molecule has 1 N–H and O–H groups in total. The average molecular weight is 308 g/mol. The third-order valence-corrected chi connectivity index (χ3v) is 2.93. The minimum atomic E-state index is -3.43. The molecule has 1 aromatic rings. The van der Waals surface area contributed by atoms with Crippen molar-refractivity contribution in [1.29, 1.82) is 0 Å². The minimum absolute atomic E-state index is 0.0240. The first kappa shape index (κ1) is 15.4. The van der Waals surface area contributed by atoms with E-state index >= 15 is 0 Å². The molecule has 2 rings (SSSR count). The van der Waals surface area contributed by atoms with E-state index in [1.807, 2.05) is 0 Å². The lowest BCUT2D eigenvalue weighted by atomic mass is 10.1. The summed E-state index contributed by atoms with van der Waals surface area (Å²) < 4.78 is 52.1. The number of halogens is 4. The molecular formula is C11H12F4N4O2. The van der Waals surface area contributed by atoms with Crippen LogP contribution < -0.4 is 0 Å². The van der Waals surface area contributed by atoms with E-state index in [1.54, 1.807) is 6.92 Å². The minimum Gasteiger partial charge on any atom is -0.364 e. The Labute approximate surface area is 116 Å². The number of rotatable bonds is 4. The Morgan fingerprint density at radius 2 is 2.14 bits per heavy atom. The third kappa shape index (κ3) is 2.89. The maximum atomic E-state index is 12.9. The summed E-state index contributed by atoms with van der Waals surface area (Å²) in [7, 11) is 0. The molecule has 0 fully saturated rings. The summed E-state index contributed by atoms with van der Waals surface area (Å²) in [6, 6.07) is 0. The van der Waals surface area contributed by atoms with Gasteiger partial charge in [-0.3, -0.25) is 9.48 Å². The van der Waals surface area contributed by atoms with Crippen molar-refractivity contribution >= 4 is 11.6 Å². The van der Waals surface area contributed by atoms with Gasteiger partial charge in [-0.2, -0.15) is 15.2 Å². The largest absolute Gasteiger partial charge is 0.364 e. The van der Waals surface area contributed by atoms with Crippen LogP contribution in [0.5, 0.6) is 0 Å². The van der Waals surface area contributed by atoms with Crippen LogP contribution in [-0.4, -0.2) is 50.1 Å². The zero-order valence-electron chi connectivity index (χ0n) is 10.9. The number of hydrogen-bond donors (Lipinski definition) is 1. The van der Waals surface area contributed by atoms with Crippen LogP contribution in [0.4, 0.5) is 17.6 Å². The summed E-state index contributed by atoms with van der Waals surface area (Å²) in [5.74, 6) is -1.06. The number of alkyl halides is 4.